The highest BCUT2D eigenvalue weighted by atomic mass is 16.6. The van der Waals surface area contributed by atoms with Crippen molar-refractivity contribution in [3.05, 3.63) is 75.8 Å². The van der Waals surface area contributed by atoms with E-state index in [-0.39, 0.29) is 17.2 Å². The van der Waals surface area contributed by atoms with Gasteiger partial charge < -0.3 is 15.4 Å². The summed E-state index contributed by atoms with van der Waals surface area (Å²) in [5.41, 5.74) is 1.83. The van der Waals surface area contributed by atoms with Crippen molar-refractivity contribution in [1.29, 1.82) is 0 Å². The van der Waals surface area contributed by atoms with Crippen LogP contribution in [-0.4, -0.2) is 30.6 Å². The number of para-hydroxylation sites is 1. The molecule has 1 unspecified atom stereocenters. The Morgan fingerprint density at radius 3 is 2.57 bits per heavy atom. The van der Waals surface area contributed by atoms with E-state index in [1.54, 1.807) is 18.2 Å². The van der Waals surface area contributed by atoms with Gasteiger partial charge in [0, 0.05) is 19.2 Å². The third-order valence-electron chi connectivity index (χ3n) is 4.07. The predicted molar refractivity (Wildman–Crippen MR) is 111 cm³/mol. The maximum Gasteiger partial charge on any atom is 0.274 e. The Morgan fingerprint density at radius 1 is 1.14 bits per heavy atom. The van der Waals surface area contributed by atoms with Crippen molar-refractivity contribution in [2.45, 2.75) is 27.0 Å². The molecule has 0 heterocycles. The fourth-order valence-electron chi connectivity index (χ4n) is 2.61. The normalized spacial score (nSPS) is 12.4. The molecule has 0 spiro atoms. The van der Waals surface area contributed by atoms with E-state index in [9.17, 15) is 10.1 Å². The molecule has 0 amide bonds. The topological polar surface area (TPSA) is 88.8 Å². The van der Waals surface area contributed by atoms with Crippen molar-refractivity contribution < 1.29 is 9.66 Å². The second-order valence-corrected chi connectivity index (χ2v) is 6.57. The van der Waals surface area contributed by atoms with E-state index < -0.39 is 0 Å². The van der Waals surface area contributed by atoms with Gasteiger partial charge in [-0.25, -0.2) is 4.99 Å². The number of nitrogens with one attached hydrogen (secondary N) is 2. The Bertz CT molecular complexity index is 765. The monoisotopic (exact) mass is 384 g/mol. The van der Waals surface area contributed by atoms with Gasteiger partial charge in [0.2, 0.25) is 0 Å². The molecule has 0 bridgehead atoms. The number of nitro groups is 1. The van der Waals surface area contributed by atoms with E-state index in [1.165, 1.54) is 6.07 Å². The van der Waals surface area contributed by atoms with E-state index in [0.29, 0.717) is 43.7 Å². The highest BCUT2D eigenvalue weighted by molar-refractivity contribution is 5.79. The molecule has 2 N–H and O–H groups in total. The summed E-state index contributed by atoms with van der Waals surface area (Å²) in [6.45, 7) is 6.95. The van der Waals surface area contributed by atoms with Gasteiger partial charge in [-0.05, 0) is 18.4 Å². The highest BCUT2D eigenvalue weighted by Gasteiger charge is 2.12. The minimum Gasteiger partial charge on any atom is -0.376 e. The molecule has 2 rings (SSSR count). The molecule has 150 valence electrons. The molecule has 2 aromatic rings. The summed E-state index contributed by atoms with van der Waals surface area (Å²) in [4.78, 5) is 15.2. The maximum atomic E-state index is 11.1. The van der Waals surface area contributed by atoms with Gasteiger partial charge in [-0.15, -0.1) is 0 Å². The molecule has 0 fully saturated rings. The largest absolute Gasteiger partial charge is 0.376 e. The van der Waals surface area contributed by atoms with Crippen molar-refractivity contribution in [3.8, 4) is 0 Å². The summed E-state index contributed by atoms with van der Waals surface area (Å²) >= 11 is 0. The van der Waals surface area contributed by atoms with Crippen LogP contribution in [0.25, 0.3) is 0 Å². The number of benzene rings is 2. The number of guanidine groups is 1. The molecule has 28 heavy (non-hydrogen) atoms. The van der Waals surface area contributed by atoms with Crippen molar-refractivity contribution in [1.82, 2.24) is 10.6 Å². The van der Waals surface area contributed by atoms with Gasteiger partial charge in [0.25, 0.3) is 5.69 Å². The standard InChI is InChI=1S/C21H28N4O3/c1-3-22-21(24-14-19-11-7-8-12-20(19)25(26)27)23-13-17(2)15-28-16-18-9-5-4-6-10-18/h4-12,17H,3,13-16H2,1-2H3,(H2,22,23,24). The third-order valence-corrected chi connectivity index (χ3v) is 4.07. The average Bonchev–Trinajstić information content (AvgIpc) is 2.71. The first-order chi connectivity index (χ1) is 13.6. The van der Waals surface area contributed by atoms with Crippen LogP contribution in [0.2, 0.25) is 0 Å². The summed E-state index contributed by atoms with van der Waals surface area (Å²) in [7, 11) is 0. The van der Waals surface area contributed by atoms with Gasteiger partial charge in [0.1, 0.15) is 0 Å². The molecule has 0 aliphatic heterocycles. The Morgan fingerprint density at radius 2 is 1.86 bits per heavy atom. The van der Waals surface area contributed by atoms with Crippen LogP contribution in [0.15, 0.2) is 59.6 Å². The molecule has 0 aromatic heterocycles. The smallest absolute Gasteiger partial charge is 0.274 e. The lowest BCUT2D eigenvalue weighted by Crippen LogP contribution is -2.40. The second-order valence-electron chi connectivity index (χ2n) is 6.57. The van der Waals surface area contributed by atoms with Gasteiger partial charge >= 0.3 is 0 Å². The fourth-order valence-corrected chi connectivity index (χ4v) is 2.61. The van der Waals surface area contributed by atoms with Crippen LogP contribution in [-0.2, 0) is 17.9 Å². The van der Waals surface area contributed by atoms with Crippen LogP contribution in [0.5, 0.6) is 0 Å². The van der Waals surface area contributed by atoms with E-state index >= 15 is 0 Å². The van der Waals surface area contributed by atoms with Gasteiger partial charge in [0.15, 0.2) is 5.96 Å². The van der Waals surface area contributed by atoms with Crippen LogP contribution in [0, 0.1) is 16.0 Å². The number of ether oxygens (including phenoxy) is 1. The predicted octanol–water partition coefficient (Wildman–Crippen LogP) is 3.50. The van der Waals surface area contributed by atoms with Crippen molar-refractivity contribution in [2.24, 2.45) is 10.9 Å². The van der Waals surface area contributed by atoms with E-state index in [2.05, 4.69) is 22.5 Å². The molecular weight excluding hydrogens is 356 g/mol. The van der Waals surface area contributed by atoms with Crippen molar-refractivity contribution in [3.63, 3.8) is 0 Å². The molecule has 7 heteroatoms. The second kappa shape index (κ2) is 11.7. The van der Waals surface area contributed by atoms with Crippen LogP contribution < -0.4 is 10.6 Å². The van der Waals surface area contributed by atoms with Gasteiger partial charge in [0.05, 0.1) is 30.2 Å². The van der Waals surface area contributed by atoms with E-state index in [4.69, 9.17) is 4.74 Å². The zero-order valence-electron chi connectivity index (χ0n) is 16.4. The summed E-state index contributed by atoms with van der Waals surface area (Å²) in [5.74, 6) is 0.925. The van der Waals surface area contributed by atoms with Gasteiger partial charge in [-0.2, -0.15) is 0 Å². The molecule has 0 aliphatic rings. The third kappa shape index (κ3) is 7.36. The highest BCUT2D eigenvalue weighted by Crippen LogP contribution is 2.18. The Kier molecular flexibility index (Phi) is 8.94. The average molecular weight is 384 g/mol. The zero-order valence-corrected chi connectivity index (χ0v) is 16.4. The van der Waals surface area contributed by atoms with Crippen LogP contribution in [0.1, 0.15) is 25.0 Å². The lowest BCUT2D eigenvalue weighted by Gasteiger charge is -2.16. The molecule has 0 saturated heterocycles. The van der Waals surface area contributed by atoms with Crippen LogP contribution in [0.3, 0.4) is 0 Å². The summed E-state index contributed by atoms with van der Waals surface area (Å²) in [6.07, 6.45) is 0. The van der Waals surface area contributed by atoms with Crippen molar-refractivity contribution in [2.75, 3.05) is 19.7 Å². The lowest BCUT2D eigenvalue weighted by molar-refractivity contribution is -0.385. The van der Waals surface area contributed by atoms with E-state index in [0.717, 1.165) is 5.56 Å². The first-order valence-corrected chi connectivity index (χ1v) is 9.46. The quantitative estimate of drug-likeness (QED) is 0.283. The molecule has 7 nitrogen and oxygen atoms in total. The number of hydrogen-bond donors (Lipinski definition) is 2. The number of hydrogen-bond acceptors (Lipinski definition) is 4. The molecule has 0 aliphatic carbocycles. The minimum absolute atomic E-state index is 0.0878. The van der Waals surface area contributed by atoms with Crippen molar-refractivity contribution >= 4 is 11.6 Å². The Labute approximate surface area is 166 Å². The molecule has 1 atom stereocenters. The van der Waals surface area contributed by atoms with E-state index in [1.807, 2.05) is 37.3 Å². The fraction of sp³-hybridized carbons (Fsp3) is 0.381. The lowest BCUT2D eigenvalue weighted by atomic mass is 10.2. The first kappa shape index (κ1) is 21.4. The number of aliphatic imine (C=N–C) groups is 1. The Hall–Kier alpha value is -2.93. The number of nitrogens with zero attached hydrogens (tertiary/aromatic N) is 2. The molecule has 2 aromatic carbocycles. The Balaban J connectivity index is 1.83. The van der Waals surface area contributed by atoms with Crippen LogP contribution in [0.4, 0.5) is 5.69 Å². The number of nitro benzene ring substituents is 1. The zero-order chi connectivity index (χ0) is 20.2. The molecular formula is C21H28N4O3. The molecule has 0 radical (unpaired) electrons. The summed E-state index contributed by atoms with van der Waals surface area (Å²) in [6, 6.07) is 16.7. The summed E-state index contributed by atoms with van der Waals surface area (Å²) < 4.78 is 5.77. The van der Waals surface area contributed by atoms with Gasteiger partial charge in [-0.1, -0.05) is 55.5 Å². The number of rotatable bonds is 10. The SMILES string of the molecule is CCNC(=NCc1ccccc1[N+](=O)[O-])NCC(C)COCc1ccccc1. The minimum atomic E-state index is -0.378. The summed E-state index contributed by atoms with van der Waals surface area (Å²) in [5, 5.41) is 17.6. The first-order valence-electron chi connectivity index (χ1n) is 9.46. The molecule has 0 saturated carbocycles. The van der Waals surface area contributed by atoms with Crippen LogP contribution >= 0.6 is 0 Å². The maximum absolute atomic E-state index is 11.1. The van der Waals surface area contributed by atoms with Gasteiger partial charge in [-0.3, -0.25) is 10.1 Å².